The number of nitrogens with zero attached hydrogens (tertiary/aromatic N) is 2. The molecular formula is C21H13FN2O2. The van der Waals surface area contributed by atoms with Crippen molar-refractivity contribution in [3.05, 3.63) is 101 Å². The number of nitriles is 1. The van der Waals surface area contributed by atoms with E-state index in [0.29, 0.717) is 5.69 Å². The SMILES string of the molecule is N#C[C@H](C(=O)c1ccccc1C(=O)c1ccc(F)cc1)c1ccccn1. The van der Waals surface area contributed by atoms with Crippen LogP contribution in [-0.2, 0) is 0 Å². The Morgan fingerprint density at radius 2 is 1.58 bits per heavy atom. The summed E-state index contributed by atoms with van der Waals surface area (Å²) in [6.07, 6.45) is 1.50. The monoisotopic (exact) mass is 344 g/mol. The molecule has 0 aliphatic carbocycles. The predicted molar refractivity (Wildman–Crippen MR) is 93.2 cm³/mol. The maximum atomic E-state index is 13.1. The van der Waals surface area contributed by atoms with Crippen LogP contribution in [-0.4, -0.2) is 16.6 Å². The minimum Gasteiger partial charge on any atom is -0.292 e. The smallest absolute Gasteiger partial charge is 0.193 e. The molecule has 0 spiro atoms. The van der Waals surface area contributed by atoms with Crippen molar-refractivity contribution >= 4 is 11.6 Å². The number of halogens is 1. The largest absolute Gasteiger partial charge is 0.292 e. The first-order valence-electron chi connectivity index (χ1n) is 7.86. The number of aromatic nitrogens is 1. The van der Waals surface area contributed by atoms with Gasteiger partial charge in [0.1, 0.15) is 5.82 Å². The standard InChI is InChI=1S/C21H13FN2O2/c22-15-10-8-14(9-11-15)20(25)16-5-1-2-6-17(16)21(26)18(13-23)19-7-3-4-12-24-19/h1-12,18H/t18-/m0/s1. The zero-order chi connectivity index (χ0) is 18.5. The van der Waals surface area contributed by atoms with Crippen molar-refractivity contribution in [2.75, 3.05) is 0 Å². The van der Waals surface area contributed by atoms with E-state index >= 15 is 0 Å². The maximum Gasteiger partial charge on any atom is 0.193 e. The molecule has 0 saturated carbocycles. The van der Waals surface area contributed by atoms with Crippen molar-refractivity contribution in [1.82, 2.24) is 4.98 Å². The van der Waals surface area contributed by atoms with Crippen LogP contribution in [0.25, 0.3) is 0 Å². The van der Waals surface area contributed by atoms with Gasteiger partial charge in [-0.2, -0.15) is 5.26 Å². The van der Waals surface area contributed by atoms with Crippen LogP contribution in [0.3, 0.4) is 0 Å². The lowest BCUT2D eigenvalue weighted by Gasteiger charge is -2.11. The molecule has 0 N–H and O–H groups in total. The fourth-order valence-electron chi connectivity index (χ4n) is 2.61. The first-order chi connectivity index (χ1) is 12.6. The molecule has 1 heterocycles. The van der Waals surface area contributed by atoms with Gasteiger partial charge in [0.2, 0.25) is 0 Å². The van der Waals surface area contributed by atoms with E-state index in [9.17, 15) is 19.2 Å². The quantitative estimate of drug-likeness (QED) is 0.657. The molecule has 2 aromatic carbocycles. The molecule has 0 aliphatic heterocycles. The Labute approximate surface area is 149 Å². The summed E-state index contributed by atoms with van der Waals surface area (Å²) in [5, 5.41) is 9.45. The van der Waals surface area contributed by atoms with Crippen LogP contribution in [0.2, 0.25) is 0 Å². The van der Waals surface area contributed by atoms with Crippen molar-refractivity contribution in [3.63, 3.8) is 0 Å². The highest BCUT2D eigenvalue weighted by atomic mass is 19.1. The summed E-state index contributed by atoms with van der Waals surface area (Å²) < 4.78 is 13.1. The Kier molecular flexibility index (Phi) is 4.95. The summed E-state index contributed by atoms with van der Waals surface area (Å²) in [5.74, 6) is -2.48. The number of pyridine rings is 1. The molecule has 0 aliphatic rings. The lowest BCUT2D eigenvalue weighted by Crippen LogP contribution is -2.17. The molecule has 5 heteroatoms. The molecule has 0 saturated heterocycles. The Morgan fingerprint density at radius 1 is 0.923 bits per heavy atom. The molecule has 0 amide bonds. The van der Waals surface area contributed by atoms with E-state index in [2.05, 4.69) is 4.98 Å². The number of rotatable bonds is 5. The Balaban J connectivity index is 2.01. The average molecular weight is 344 g/mol. The summed E-state index contributed by atoms with van der Waals surface area (Å²) in [5.41, 5.74) is 0.890. The van der Waals surface area contributed by atoms with Crippen LogP contribution in [0.15, 0.2) is 72.9 Å². The molecule has 3 rings (SSSR count). The van der Waals surface area contributed by atoms with E-state index in [0.717, 1.165) is 0 Å². The van der Waals surface area contributed by atoms with Crippen LogP contribution >= 0.6 is 0 Å². The Morgan fingerprint density at radius 3 is 2.19 bits per heavy atom. The second-order valence-electron chi connectivity index (χ2n) is 5.56. The van der Waals surface area contributed by atoms with Crippen molar-refractivity contribution in [2.45, 2.75) is 5.92 Å². The highest BCUT2D eigenvalue weighted by Gasteiger charge is 2.27. The Hall–Kier alpha value is -3.65. The fourth-order valence-corrected chi connectivity index (χ4v) is 2.61. The van der Waals surface area contributed by atoms with Gasteiger partial charge in [0, 0.05) is 22.9 Å². The number of ketones is 2. The lowest BCUT2D eigenvalue weighted by molar-refractivity contribution is 0.0963. The predicted octanol–water partition coefficient (Wildman–Crippen LogP) is 3.94. The third kappa shape index (κ3) is 3.40. The van der Waals surface area contributed by atoms with E-state index in [-0.39, 0.29) is 16.7 Å². The molecule has 126 valence electrons. The van der Waals surface area contributed by atoms with Gasteiger partial charge >= 0.3 is 0 Å². The second-order valence-corrected chi connectivity index (χ2v) is 5.56. The number of hydrogen-bond donors (Lipinski definition) is 0. The van der Waals surface area contributed by atoms with Crippen molar-refractivity contribution in [3.8, 4) is 6.07 Å². The number of carbonyl (C=O) groups excluding carboxylic acids is 2. The normalized spacial score (nSPS) is 11.4. The molecule has 1 atom stereocenters. The fraction of sp³-hybridized carbons (Fsp3) is 0.0476. The van der Waals surface area contributed by atoms with Gasteiger partial charge in [-0.3, -0.25) is 14.6 Å². The lowest BCUT2D eigenvalue weighted by atomic mass is 9.89. The number of Topliss-reactive ketones (excluding diaryl/α,β-unsaturated/α-hetero) is 1. The third-order valence-corrected chi connectivity index (χ3v) is 3.92. The van der Waals surface area contributed by atoms with Crippen LogP contribution in [0.5, 0.6) is 0 Å². The number of benzene rings is 2. The molecule has 0 bridgehead atoms. The van der Waals surface area contributed by atoms with Gasteiger partial charge in [-0.15, -0.1) is 0 Å². The van der Waals surface area contributed by atoms with E-state index < -0.39 is 23.3 Å². The molecule has 0 unspecified atom stereocenters. The minimum absolute atomic E-state index is 0.138. The van der Waals surface area contributed by atoms with E-state index in [1.54, 1.807) is 30.3 Å². The van der Waals surface area contributed by atoms with Crippen LogP contribution in [0.1, 0.15) is 37.9 Å². The first kappa shape index (κ1) is 17.2. The summed E-state index contributed by atoms with van der Waals surface area (Å²) in [6, 6.07) is 18.3. The molecule has 26 heavy (non-hydrogen) atoms. The van der Waals surface area contributed by atoms with Gasteiger partial charge in [0.15, 0.2) is 17.5 Å². The molecule has 0 fully saturated rings. The number of carbonyl (C=O) groups is 2. The first-order valence-corrected chi connectivity index (χ1v) is 7.86. The third-order valence-electron chi connectivity index (χ3n) is 3.92. The van der Waals surface area contributed by atoms with Crippen LogP contribution in [0.4, 0.5) is 4.39 Å². The minimum atomic E-state index is -1.11. The molecular weight excluding hydrogens is 331 g/mol. The topological polar surface area (TPSA) is 70.8 Å². The molecule has 4 nitrogen and oxygen atoms in total. The molecule has 3 aromatic rings. The highest BCUT2D eigenvalue weighted by Crippen LogP contribution is 2.23. The van der Waals surface area contributed by atoms with Crippen molar-refractivity contribution in [1.29, 1.82) is 5.26 Å². The molecule has 1 aromatic heterocycles. The van der Waals surface area contributed by atoms with Gasteiger partial charge < -0.3 is 0 Å². The second kappa shape index (κ2) is 7.49. The van der Waals surface area contributed by atoms with Gasteiger partial charge in [0.05, 0.1) is 11.8 Å². The average Bonchev–Trinajstić information content (AvgIpc) is 2.69. The Bertz CT molecular complexity index is 993. The summed E-state index contributed by atoms with van der Waals surface area (Å²) in [6.45, 7) is 0. The van der Waals surface area contributed by atoms with E-state index in [4.69, 9.17) is 0 Å². The van der Waals surface area contributed by atoms with E-state index in [1.165, 1.54) is 42.6 Å². The van der Waals surface area contributed by atoms with Gasteiger partial charge in [-0.25, -0.2) is 4.39 Å². The van der Waals surface area contributed by atoms with Crippen molar-refractivity contribution in [2.24, 2.45) is 0 Å². The van der Waals surface area contributed by atoms with Crippen molar-refractivity contribution < 1.29 is 14.0 Å². The zero-order valence-electron chi connectivity index (χ0n) is 13.6. The van der Waals surface area contributed by atoms with Gasteiger partial charge in [0.25, 0.3) is 0 Å². The van der Waals surface area contributed by atoms with Gasteiger partial charge in [-0.1, -0.05) is 30.3 Å². The van der Waals surface area contributed by atoms with E-state index in [1.807, 2.05) is 6.07 Å². The summed E-state index contributed by atoms with van der Waals surface area (Å²) in [4.78, 5) is 29.7. The summed E-state index contributed by atoms with van der Waals surface area (Å²) in [7, 11) is 0. The maximum absolute atomic E-state index is 13.1. The summed E-state index contributed by atoms with van der Waals surface area (Å²) >= 11 is 0. The zero-order valence-corrected chi connectivity index (χ0v) is 13.6. The number of hydrogen-bond acceptors (Lipinski definition) is 4. The molecule has 0 radical (unpaired) electrons. The van der Waals surface area contributed by atoms with Gasteiger partial charge in [-0.05, 0) is 36.4 Å². The highest BCUT2D eigenvalue weighted by molar-refractivity contribution is 6.17. The van der Waals surface area contributed by atoms with Crippen LogP contribution < -0.4 is 0 Å². The van der Waals surface area contributed by atoms with Crippen LogP contribution in [0, 0.1) is 17.1 Å².